The molecule has 1 aromatic carbocycles. The summed E-state index contributed by atoms with van der Waals surface area (Å²) in [5, 5.41) is 3.68. The maximum atomic E-state index is 11.8. The molecular formula is C14H21ClN2O. The smallest absolute Gasteiger partial charge is 0.222 e. The zero-order chi connectivity index (χ0) is 13.7. The molecule has 0 fully saturated rings. The molecule has 0 aliphatic carbocycles. The molecule has 0 bridgehead atoms. The van der Waals surface area contributed by atoms with Gasteiger partial charge in [0.25, 0.3) is 0 Å². The number of nitrogens with two attached hydrogens (primary N) is 1. The van der Waals surface area contributed by atoms with E-state index in [1.165, 1.54) is 0 Å². The van der Waals surface area contributed by atoms with E-state index >= 15 is 0 Å². The Morgan fingerprint density at radius 1 is 1.33 bits per heavy atom. The van der Waals surface area contributed by atoms with Gasteiger partial charge in [0, 0.05) is 17.5 Å². The minimum atomic E-state index is -0.135. The van der Waals surface area contributed by atoms with Crippen molar-refractivity contribution < 1.29 is 4.79 Å². The third-order valence-electron chi connectivity index (χ3n) is 2.73. The van der Waals surface area contributed by atoms with Crippen LogP contribution in [-0.4, -0.2) is 11.9 Å². The first-order chi connectivity index (χ1) is 8.41. The first kappa shape index (κ1) is 15.0. The molecule has 2 atom stereocenters. The summed E-state index contributed by atoms with van der Waals surface area (Å²) in [5.74, 6) is 0.227. The third kappa shape index (κ3) is 4.31. The van der Waals surface area contributed by atoms with Crippen LogP contribution in [0.1, 0.15) is 38.8 Å². The van der Waals surface area contributed by atoms with E-state index in [-0.39, 0.29) is 23.9 Å². The SMILES string of the molecule is CC(N)CC(=O)NC(c1ccccc1Cl)C(C)C. The lowest BCUT2D eigenvalue weighted by atomic mass is 9.95. The van der Waals surface area contributed by atoms with Gasteiger partial charge in [-0.2, -0.15) is 0 Å². The van der Waals surface area contributed by atoms with Gasteiger partial charge in [0.1, 0.15) is 0 Å². The lowest BCUT2D eigenvalue weighted by molar-refractivity contribution is -0.122. The second-order valence-electron chi connectivity index (χ2n) is 4.99. The average molecular weight is 269 g/mol. The molecule has 1 amide bonds. The first-order valence-electron chi connectivity index (χ1n) is 6.21. The molecule has 18 heavy (non-hydrogen) atoms. The maximum absolute atomic E-state index is 11.8. The lowest BCUT2D eigenvalue weighted by Crippen LogP contribution is -2.35. The molecule has 100 valence electrons. The Labute approximate surface area is 114 Å². The highest BCUT2D eigenvalue weighted by Crippen LogP contribution is 2.28. The number of amides is 1. The zero-order valence-corrected chi connectivity index (χ0v) is 11.9. The second-order valence-corrected chi connectivity index (χ2v) is 5.40. The van der Waals surface area contributed by atoms with Gasteiger partial charge in [-0.05, 0) is 24.5 Å². The van der Waals surface area contributed by atoms with Crippen LogP contribution in [-0.2, 0) is 4.79 Å². The zero-order valence-electron chi connectivity index (χ0n) is 11.1. The van der Waals surface area contributed by atoms with Gasteiger partial charge < -0.3 is 11.1 Å². The largest absolute Gasteiger partial charge is 0.349 e. The number of halogens is 1. The molecule has 0 radical (unpaired) electrons. The summed E-state index contributed by atoms with van der Waals surface area (Å²) in [4.78, 5) is 11.8. The summed E-state index contributed by atoms with van der Waals surface area (Å²) in [6.45, 7) is 5.93. The Morgan fingerprint density at radius 2 is 1.94 bits per heavy atom. The van der Waals surface area contributed by atoms with E-state index in [0.29, 0.717) is 11.4 Å². The van der Waals surface area contributed by atoms with Crippen molar-refractivity contribution in [2.45, 2.75) is 39.3 Å². The number of rotatable bonds is 5. The highest BCUT2D eigenvalue weighted by molar-refractivity contribution is 6.31. The minimum Gasteiger partial charge on any atom is -0.349 e. The van der Waals surface area contributed by atoms with Crippen molar-refractivity contribution in [3.8, 4) is 0 Å². The first-order valence-corrected chi connectivity index (χ1v) is 6.59. The Balaban J connectivity index is 2.84. The van der Waals surface area contributed by atoms with Gasteiger partial charge in [-0.25, -0.2) is 0 Å². The van der Waals surface area contributed by atoms with Crippen LogP contribution < -0.4 is 11.1 Å². The molecule has 0 aromatic heterocycles. The van der Waals surface area contributed by atoms with E-state index < -0.39 is 0 Å². The fraction of sp³-hybridized carbons (Fsp3) is 0.500. The van der Waals surface area contributed by atoms with Crippen molar-refractivity contribution in [1.82, 2.24) is 5.32 Å². The molecular weight excluding hydrogens is 248 g/mol. The highest BCUT2D eigenvalue weighted by atomic mass is 35.5. The van der Waals surface area contributed by atoms with E-state index in [1.54, 1.807) is 0 Å². The molecule has 3 nitrogen and oxygen atoms in total. The van der Waals surface area contributed by atoms with E-state index in [9.17, 15) is 4.79 Å². The number of nitrogens with one attached hydrogen (secondary N) is 1. The summed E-state index contributed by atoms with van der Waals surface area (Å²) in [5.41, 5.74) is 6.58. The molecule has 3 N–H and O–H groups in total. The van der Waals surface area contributed by atoms with Gasteiger partial charge in [-0.1, -0.05) is 43.6 Å². The van der Waals surface area contributed by atoms with Crippen LogP contribution in [0.3, 0.4) is 0 Å². The minimum absolute atomic E-state index is 0.0383. The van der Waals surface area contributed by atoms with Gasteiger partial charge in [-0.15, -0.1) is 0 Å². The normalized spacial score (nSPS) is 14.3. The summed E-state index contributed by atoms with van der Waals surface area (Å²) in [7, 11) is 0. The lowest BCUT2D eigenvalue weighted by Gasteiger charge is -2.24. The molecule has 1 rings (SSSR count). The van der Waals surface area contributed by atoms with E-state index in [4.69, 9.17) is 17.3 Å². The monoisotopic (exact) mass is 268 g/mol. The Bertz CT molecular complexity index is 405. The van der Waals surface area contributed by atoms with Crippen molar-refractivity contribution in [1.29, 1.82) is 0 Å². The topological polar surface area (TPSA) is 55.1 Å². The van der Waals surface area contributed by atoms with Crippen LogP contribution in [0, 0.1) is 5.92 Å². The number of benzene rings is 1. The summed E-state index contributed by atoms with van der Waals surface area (Å²) < 4.78 is 0. The van der Waals surface area contributed by atoms with Crippen LogP contribution in [0.2, 0.25) is 5.02 Å². The van der Waals surface area contributed by atoms with E-state index in [1.807, 2.05) is 31.2 Å². The van der Waals surface area contributed by atoms with Crippen molar-refractivity contribution >= 4 is 17.5 Å². The Kier molecular flexibility index (Phi) is 5.63. The molecule has 0 spiro atoms. The van der Waals surface area contributed by atoms with Crippen molar-refractivity contribution in [2.24, 2.45) is 11.7 Å². The molecule has 0 saturated heterocycles. The van der Waals surface area contributed by atoms with E-state index in [2.05, 4.69) is 19.2 Å². The quantitative estimate of drug-likeness (QED) is 0.863. The van der Waals surface area contributed by atoms with E-state index in [0.717, 1.165) is 5.56 Å². The highest BCUT2D eigenvalue weighted by Gasteiger charge is 2.20. The Hall–Kier alpha value is -1.06. The number of hydrogen-bond donors (Lipinski definition) is 2. The number of carbonyl (C=O) groups is 1. The number of carbonyl (C=O) groups excluding carboxylic acids is 1. The van der Waals surface area contributed by atoms with Gasteiger partial charge in [0.2, 0.25) is 5.91 Å². The Morgan fingerprint density at radius 3 is 2.44 bits per heavy atom. The fourth-order valence-electron chi connectivity index (χ4n) is 1.86. The molecule has 0 aliphatic rings. The predicted molar refractivity (Wildman–Crippen MR) is 75.4 cm³/mol. The van der Waals surface area contributed by atoms with Gasteiger partial charge in [0.05, 0.1) is 6.04 Å². The van der Waals surface area contributed by atoms with Crippen LogP contribution in [0.25, 0.3) is 0 Å². The van der Waals surface area contributed by atoms with Crippen molar-refractivity contribution in [3.05, 3.63) is 34.9 Å². The average Bonchev–Trinajstić information content (AvgIpc) is 2.25. The molecule has 0 saturated carbocycles. The predicted octanol–water partition coefficient (Wildman–Crippen LogP) is 2.89. The van der Waals surface area contributed by atoms with Crippen molar-refractivity contribution in [2.75, 3.05) is 0 Å². The standard InChI is InChI=1S/C14H21ClN2O/c1-9(2)14(17-13(18)8-10(3)16)11-6-4-5-7-12(11)15/h4-7,9-10,14H,8,16H2,1-3H3,(H,17,18). The van der Waals surface area contributed by atoms with Crippen LogP contribution in [0.5, 0.6) is 0 Å². The molecule has 0 aliphatic heterocycles. The third-order valence-corrected chi connectivity index (χ3v) is 3.08. The fourth-order valence-corrected chi connectivity index (χ4v) is 2.11. The molecule has 2 unspecified atom stereocenters. The summed E-state index contributed by atoms with van der Waals surface area (Å²) in [6.07, 6.45) is 0.327. The second kappa shape index (κ2) is 6.76. The molecule has 0 heterocycles. The van der Waals surface area contributed by atoms with Gasteiger partial charge >= 0.3 is 0 Å². The van der Waals surface area contributed by atoms with Gasteiger partial charge in [-0.3, -0.25) is 4.79 Å². The summed E-state index contributed by atoms with van der Waals surface area (Å²) in [6, 6.07) is 7.37. The van der Waals surface area contributed by atoms with Crippen LogP contribution in [0.4, 0.5) is 0 Å². The van der Waals surface area contributed by atoms with Crippen molar-refractivity contribution in [3.63, 3.8) is 0 Å². The summed E-state index contributed by atoms with van der Waals surface area (Å²) >= 11 is 6.18. The molecule has 1 aromatic rings. The van der Waals surface area contributed by atoms with Crippen LogP contribution in [0.15, 0.2) is 24.3 Å². The van der Waals surface area contributed by atoms with Gasteiger partial charge in [0.15, 0.2) is 0 Å². The number of hydrogen-bond acceptors (Lipinski definition) is 2. The molecule has 4 heteroatoms. The maximum Gasteiger partial charge on any atom is 0.222 e. The van der Waals surface area contributed by atoms with Crippen LogP contribution >= 0.6 is 11.6 Å².